The summed E-state index contributed by atoms with van der Waals surface area (Å²) in [5, 5.41) is 8.33. The number of hydrogen-bond acceptors (Lipinski definition) is 5. The monoisotopic (exact) mass is 441 g/mol. The minimum atomic E-state index is -0.133. The molecule has 2 aliphatic heterocycles. The van der Waals surface area contributed by atoms with E-state index >= 15 is 0 Å². The van der Waals surface area contributed by atoms with Gasteiger partial charge in [0.25, 0.3) is 5.91 Å². The first-order valence-corrected chi connectivity index (χ1v) is 12.0. The van der Waals surface area contributed by atoms with E-state index in [1.165, 1.54) is 36.9 Å². The van der Waals surface area contributed by atoms with Gasteiger partial charge in [-0.25, -0.2) is 0 Å². The molecule has 2 aliphatic carbocycles. The van der Waals surface area contributed by atoms with Gasteiger partial charge in [0.1, 0.15) is 12.2 Å². The van der Waals surface area contributed by atoms with Crippen molar-refractivity contribution in [3.05, 3.63) is 70.6 Å². The molecule has 1 saturated heterocycles. The van der Waals surface area contributed by atoms with Gasteiger partial charge in [-0.15, -0.1) is 10.2 Å². The summed E-state index contributed by atoms with van der Waals surface area (Å²) in [6.07, 6.45) is 7.29. The second-order valence-corrected chi connectivity index (χ2v) is 10.3. The second-order valence-electron chi connectivity index (χ2n) is 10.3. The van der Waals surface area contributed by atoms with E-state index < -0.39 is 0 Å². The number of fused-ring (bicyclic) bond motifs is 1. The molecule has 3 fully saturated rings. The normalized spacial score (nSPS) is 21.2. The molecule has 0 unspecified atom stereocenters. The standard InChI is InChI=1S/C26H27N5O2/c1-30-15-27-29-23(30)11-26(13-33-14-26)18-3-2-4-19(9-18)31-12-21-20(25(31)32)10-22(16-5-6-16)28-24(21)17-7-8-17/h2-4,9-10,15-17H,5-8,11-14H2,1H3. The molecule has 4 heterocycles. The van der Waals surface area contributed by atoms with E-state index in [1.54, 1.807) is 6.33 Å². The van der Waals surface area contributed by atoms with Crippen LogP contribution in [0.15, 0.2) is 36.7 Å². The lowest BCUT2D eigenvalue weighted by molar-refractivity contribution is -0.0611. The average molecular weight is 442 g/mol. The molecule has 0 atom stereocenters. The summed E-state index contributed by atoms with van der Waals surface area (Å²) in [7, 11) is 1.97. The van der Waals surface area contributed by atoms with Crippen molar-refractivity contribution in [1.29, 1.82) is 0 Å². The van der Waals surface area contributed by atoms with E-state index in [4.69, 9.17) is 9.72 Å². The van der Waals surface area contributed by atoms with Gasteiger partial charge in [-0.05, 0) is 49.4 Å². The summed E-state index contributed by atoms with van der Waals surface area (Å²) in [5.41, 5.74) is 6.36. The smallest absolute Gasteiger partial charge is 0.259 e. The lowest BCUT2D eigenvalue weighted by Gasteiger charge is -2.42. The summed E-state index contributed by atoms with van der Waals surface area (Å²) < 4.78 is 7.63. The molecule has 0 N–H and O–H groups in total. The second kappa shape index (κ2) is 6.97. The van der Waals surface area contributed by atoms with Crippen LogP contribution in [0.1, 0.15) is 76.2 Å². The molecule has 1 aromatic carbocycles. The number of rotatable bonds is 6. The minimum absolute atomic E-state index is 0.112. The fourth-order valence-corrected chi connectivity index (χ4v) is 5.33. The summed E-state index contributed by atoms with van der Waals surface area (Å²) in [5.74, 6) is 2.15. The van der Waals surface area contributed by atoms with Gasteiger partial charge in [0.2, 0.25) is 0 Å². The number of carbonyl (C=O) groups is 1. The highest BCUT2D eigenvalue weighted by atomic mass is 16.5. The van der Waals surface area contributed by atoms with Gasteiger partial charge in [-0.2, -0.15) is 0 Å². The number of anilines is 1. The van der Waals surface area contributed by atoms with Crippen LogP contribution in [0.4, 0.5) is 5.69 Å². The van der Waals surface area contributed by atoms with Crippen molar-refractivity contribution >= 4 is 11.6 Å². The van der Waals surface area contributed by atoms with Crippen molar-refractivity contribution in [1.82, 2.24) is 19.7 Å². The number of aryl methyl sites for hydroxylation is 1. The lowest BCUT2D eigenvalue weighted by Crippen LogP contribution is -2.49. The Morgan fingerprint density at radius 1 is 1.12 bits per heavy atom. The fourth-order valence-electron chi connectivity index (χ4n) is 5.33. The van der Waals surface area contributed by atoms with Crippen molar-refractivity contribution < 1.29 is 9.53 Å². The van der Waals surface area contributed by atoms with Crippen LogP contribution >= 0.6 is 0 Å². The summed E-state index contributed by atoms with van der Waals surface area (Å²) in [6.45, 7) is 1.92. The van der Waals surface area contributed by atoms with Crippen LogP contribution in [-0.4, -0.2) is 38.9 Å². The molecule has 2 saturated carbocycles. The number of aromatic nitrogens is 4. The minimum Gasteiger partial charge on any atom is -0.379 e. The zero-order valence-electron chi connectivity index (χ0n) is 18.8. The highest BCUT2D eigenvalue weighted by molar-refractivity contribution is 6.10. The molecule has 4 aliphatic rings. The van der Waals surface area contributed by atoms with Gasteiger partial charge < -0.3 is 14.2 Å². The largest absolute Gasteiger partial charge is 0.379 e. The Morgan fingerprint density at radius 3 is 2.61 bits per heavy atom. The molecule has 1 amide bonds. The molecule has 0 radical (unpaired) electrons. The van der Waals surface area contributed by atoms with Gasteiger partial charge in [0.15, 0.2) is 0 Å². The zero-order valence-corrected chi connectivity index (χ0v) is 18.8. The number of amides is 1. The van der Waals surface area contributed by atoms with Crippen LogP contribution < -0.4 is 4.90 Å². The molecule has 33 heavy (non-hydrogen) atoms. The first-order valence-electron chi connectivity index (χ1n) is 12.0. The molecule has 7 heteroatoms. The zero-order chi connectivity index (χ0) is 22.2. The third-order valence-corrected chi connectivity index (χ3v) is 7.76. The maximum Gasteiger partial charge on any atom is 0.259 e. The highest BCUT2D eigenvalue weighted by Gasteiger charge is 2.43. The van der Waals surface area contributed by atoms with Gasteiger partial charge in [0, 0.05) is 58.9 Å². The molecule has 7 nitrogen and oxygen atoms in total. The van der Waals surface area contributed by atoms with Crippen molar-refractivity contribution in [2.75, 3.05) is 18.1 Å². The van der Waals surface area contributed by atoms with Crippen LogP contribution in [0, 0.1) is 0 Å². The van der Waals surface area contributed by atoms with Crippen LogP contribution in [0.5, 0.6) is 0 Å². The van der Waals surface area contributed by atoms with E-state index in [0.29, 0.717) is 31.6 Å². The lowest BCUT2D eigenvalue weighted by atomic mass is 9.75. The Hall–Kier alpha value is -3.06. The Morgan fingerprint density at radius 2 is 1.94 bits per heavy atom. The van der Waals surface area contributed by atoms with Crippen LogP contribution in [0.25, 0.3) is 0 Å². The Balaban J connectivity index is 1.23. The van der Waals surface area contributed by atoms with Crippen LogP contribution in [0.2, 0.25) is 0 Å². The van der Waals surface area contributed by atoms with E-state index in [2.05, 4.69) is 40.5 Å². The number of nitrogens with zero attached hydrogens (tertiary/aromatic N) is 5. The molecule has 0 bridgehead atoms. The fraction of sp³-hybridized carbons (Fsp3) is 0.462. The number of benzene rings is 1. The quantitative estimate of drug-likeness (QED) is 0.584. The van der Waals surface area contributed by atoms with Gasteiger partial charge in [-0.3, -0.25) is 9.78 Å². The van der Waals surface area contributed by atoms with Crippen molar-refractivity contribution in [3.63, 3.8) is 0 Å². The van der Waals surface area contributed by atoms with Gasteiger partial charge in [-0.1, -0.05) is 12.1 Å². The van der Waals surface area contributed by atoms with E-state index in [9.17, 15) is 4.79 Å². The Labute approximate surface area is 192 Å². The van der Waals surface area contributed by atoms with Crippen molar-refractivity contribution in [3.8, 4) is 0 Å². The van der Waals surface area contributed by atoms with E-state index in [-0.39, 0.29) is 11.3 Å². The molecule has 7 rings (SSSR count). The van der Waals surface area contributed by atoms with Gasteiger partial charge in [0.05, 0.1) is 19.8 Å². The number of carbonyl (C=O) groups excluding carboxylic acids is 1. The van der Waals surface area contributed by atoms with E-state index in [0.717, 1.165) is 34.8 Å². The molecule has 3 aromatic rings. The first kappa shape index (κ1) is 19.4. The summed E-state index contributed by atoms with van der Waals surface area (Å²) >= 11 is 0. The molecule has 2 aromatic heterocycles. The Kier molecular flexibility index (Phi) is 4.10. The predicted octanol–water partition coefficient (Wildman–Crippen LogP) is 3.64. The predicted molar refractivity (Wildman–Crippen MR) is 122 cm³/mol. The Bertz CT molecular complexity index is 1270. The number of pyridine rings is 1. The maximum atomic E-state index is 13.6. The topological polar surface area (TPSA) is 73.1 Å². The average Bonchev–Trinajstić information content (AvgIpc) is 3.73. The summed E-state index contributed by atoms with van der Waals surface area (Å²) in [4.78, 5) is 20.6. The van der Waals surface area contributed by atoms with Crippen LogP contribution in [0.3, 0.4) is 0 Å². The molecular formula is C26H27N5O2. The summed E-state index contributed by atoms with van der Waals surface area (Å²) in [6, 6.07) is 10.5. The molecule has 0 spiro atoms. The maximum absolute atomic E-state index is 13.6. The third-order valence-electron chi connectivity index (χ3n) is 7.76. The van der Waals surface area contributed by atoms with Crippen LogP contribution in [-0.2, 0) is 30.2 Å². The number of hydrogen-bond donors (Lipinski definition) is 0. The van der Waals surface area contributed by atoms with Crippen molar-refractivity contribution in [2.45, 2.75) is 55.9 Å². The van der Waals surface area contributed by atoms with Gasteiger partial charge >= 0.3 is 0 Å². The molecular weight excluding hydrogens is 414 g/mol. The highest BCUT2D eigenvalue weighted by Crippen LogP contribution is 2.47. The number of ether oxygens (including phenoxy) is 1. The first-order chi connectivity index (χ1) is 16.1. The molecule has 168 valence electrons. The third kappa shape index (κ3) is 3.13. The van der Waals surface area contributed by atoms with Crippen molar-refractivity contribution in [2.24, 2.45) is 7.05 Å². The SMILES string of the molecule is Cn1cnnc1CC1(c2cccc(N3Cc4c(cc(C5CC5)nc4C4CC4)C3=O)c2)COC1. The van der Waals surface area contributed by atoms with E-state index in [1.807, 2.05) is 16.5 Å².